The first-order chi connectivity index (χ1) is 10.1. The van der Waals surface area contributed by atoms with Gasteiger partial charge in [0, 0.05) is 24.3 Å². The standard InChI is InChI=1S/C16H22BrN3O/c1-4-18-10-13-6-5-7-15(17)16(13)21-11-14-8-9-20(19-14)12(2)3/h5-9,12,18H,4,10-11H2,1-3H3. The second-order valence-corrected chi connectivity index (χ2v) is 6.03. The summed E-state index contributed by atoms with van der Waals surface area (Å²) in [4.78, 5) is 0. The van der Waals surface area contributed by atoms with E-state index in [1.54, 1.807) is 0 Å². The largest absolute Gasteiger partial charge is 0.486 e. The van der Waals surface area contributed by atoms with E-state index in [0.29, 0.717) is 12.6 Å². The Morgan fingerprint density at radius 1 is 1.33 bits per heavy atom. The molecule has 2 rings (SSSR count). The molecule has 0 spiro atoms. The van der Waals surface area contributed by atoms with Gasteiger partial charge in [0.15, 0.2) is 0 Å². The fraction of sp³-hybridized carbons (Fsp3) is 0.438. The van der Waals surface area contributed by atoms with Crippen molar-refractivity contribution >= 4 is 15.9 Å². The molecule has 4 nitrogen and oxygen atoms in total. The quantitative estimate of drug-likeness (QED) is 0.821. The highest BCUT2D eigenvalue weighted by atomic mass is 79.9. The third-order valence-corrected chi connectivity index (χ3v) is 3.80. The molecule has 0 radical (unpaired) electrons. The van der Waals surface area contributed by atoms with Crippen LogP contribution in [0.15, 0.2) is 34.9 Å². The van der Waals surface area contributed by atoms with Crippen molar-refractivity contribution in [2.45, 2.75) is 40.0 Å². The number of aromatic nitrogens is 2. The Labute approximate surface area is 134 Å². The van der Waals surface area contributed by atoms with Crippen LogP contribution < -0.4 is 10.1 Å². The molecule has 1 aromatic heterocycles. The summed E-state index contributed by atoms with van der Waals surface area (Å²) >= 11 is 3.56. The second-order valence-electron chi connectivity index (χ2n) is 5.18. The van der Waals surface area contributed by atoms with Gasteiger partial charge in [-0.3, -0.25) is 4.68 Å². The van der Waals surface area contributed by atoms with E-state index in [9.17, 15) is 0 Å². The van der Waals surface area contributed by atoms with E-state index >= 15 is 0 Å². The van der Waals surface area contributed by atoms with Gasteiger partial charge in [0.25, 0.3) is 0 Å². The van der Waals surface area contributed by atoms with Crippen LogP contribution in [-0.2, 0) is 13.2 Å². The predicted octanol–water partition coefficient (Wildman–Crippen LogP) is 3.92. The van der Waals surface area contributed by atoms with Gasteiger partial charge in [-0.05, 0) is 48.5 Å². The summed E-state index contributed by atoms with van der Waals surface area (Å²) in [6.07, 6.45) is 1.99. The molecule has 0 fully saturated rings. The molecule has 0 bridgehead atoms. The summed E-state index contributed by atoms with van der Waals surface area (Å²) < 4.78 is 8.90. The van der Waals surface area contributed by atoms with E-state index in [-0.39, 0.29) is 0 Å². The molecule has 0 atom stereocenters. The van der Waals surface area contributed by atoms with Crippen LogP contribution in [0.2, 0.25) is 0 Å². The highest BCUT2D eigenvalue weighted by molar-refractivity contribution is 9.10. The molecule has 114 valence electrons. The van der Waals surface area contributed by atoms with Crippen molar-refractivity contribution < 1.29 is 4.74 Å². The van der Waals surface area contributed by atoms with Gasteiger partial charge in [0.05, 0.1) is 10.2 Å². The van der Waals surface area contributed by atoms with E-state index in [2.05, 4.69) is 53.2 Å². The first-order valence-electron chi connectivity index (χ1n) is 7.26. The van der Waals surface area contributed by atoms with Gasteiger partial charge in [0.1, 0.15) is 12.4 Å². The van der Waals surface area contributed by atoms with Crippen molar-refractivity contribution in [1.29, 1.82) is 0 Å². The highest BCUT2D eigenvalue weighted by Crippen LogP contribution is 2.29. The molecule has 1 aromatic carbocycles. The van der Waals surface area contributed by atoms with Crippen LogP contribution in [0.1, 0.15) is 38.1 Å². The molecule has 5 heteroatoms. The van der Waals surface area contributed by atoms with Crippen LogP contribution in [0.3, 0.4) is 0 Å². The van der Waals surface area contributed by atoms with Crippen LogP contribution >= 0.6 is 15.9 Å². The molecule has 0 unspecified atom stereocenters. The maximum Gasteiger partial charge on any atom is 0.138 e. The Morgan fingerprint density at radius 2 is 2.14 bits per heavy atom. The van der Waals surface area contributed by atoms with Gasteiger partial charge in [-0.25, -0.2) is 0 Å². The Balaban J connectivity index is 2.07. The smallest absolute Gasteiger partial charge is 0.138 e. The fourth-order valence-corrected chi connectivity index (χ4v) is 2.52. The number of ether oxygens (including phenoxy) is 1. The average molecular weight is 352 g/mol. The van der Waals surface area contributed by atoms with Crippen LogP contribution in [0.4, 0.5) is 0 Å². The zero-order chi connectivity index (χ0) is 15.2. The molecule has 1 N–H and O–H groups in total. The number of hydrogen-bond donors (Lipinski definition) is 1. The lowest BCUT2D eigenvalue weighted by atomic mass is 10.2. The average Bonchev–Trinajstić information content (AvgIpc) is 2.93. The van der Waals surface area contributed by atoms with Crippen LogP contribution in [0.5, 0.6) is 5.75 Å². The summed E-state index contributed by atoms with van der Waals surface area (Å²) in [6.45, 7) is 8.52. The molecule has 2 aromatic rings. The number of benzene rings is 1. The van der Waals surface area contributed by atoms with Gasteiger partial charge in [-0.15, -0.1) is 0 Å². The van der Waals surface area contributed by atoms with E-state index < -0.39 is 0 Å². The Morgan fingerprint density at radius 3 is 2.81 bits per heavy atom. The Kier molecular flexibility index (Phi) is 5.82. The van der Waals surface area contributed by atoms with Crippen LogP contribution in [-0.4, -0.2) is 16.3 Å². The topological polar surface area (TPSA) is 39.1 Å². The fourth-order valence-electron chi connectivity index (χ4n) is 2.00. The molecule has 0 saturated heterocycles. The molecule has 1 heterocycles. The minimum atomic E-state index is 0.367. The maximum absolute atomic E-state index is 5.98. The summed E-state index contributed by atoms with van der Waals surface area (Å²) in [5, 5.41) is 7.84. The molecule has 0 aliphatic heterocycles. The molecule has 0 saturated carbocycles. The lowest BCUT2D eigenvalue weighted by Crippen LogP contribution is -2.13. The minimum absolute atomic E-state index is 0.367. The van der Waals surface area contributed by atoms with E-state index in [0.717, 1.165) is 34.6 Å². The van der Waals surface area contributed by atoms with E-state index in [4.69, 9.17) is 4.74 Å². The van der Waals surface area contributed by atoms with Crippen LogP contribution in [0, 0.1) is 0 Å². The number of nitrogens with one attached hydrogen (secondary N) is 1. The summed E-state index contributed by atoms with van der Waals surface area (Å²) in [5.74, 6) is 0.887. The van der Waals surface area contributed by atoms with Crippen LogP contribution in [0.25, 0.3) is 0 Å². The maximum atomic E-state index is 5.98. The third-order valence-electron chi connectivity index (χ3n) is 3.17. The van der Waals surface area contributed by atoms with E-state index in [1.165, 1.54) is 0 Å². The number of hydrogen-bond acceptors (Lipinski definition) is 3. The van der Waals surface area contributed by atoms with Gasteiger partial charge in [0.2, 0.25) is 0 Å². The molecule has 21 heavy (non-hydrogen) atoms. The lowest BCUT2D eigenvalue weighted by molar-refractivity contribution is 0.293. The zero-order valence-corrected chi connectivity index (χ0v) is 14.4. The summed E-state index contributed by atoms with van der Waals surface area (Å²) in [6, 6.07) is 8.47. The number of halogens is 1. The van der Waals surface area contributed by atoms with Crippen molar-refractivity contribution in [2.24, 2.45) is 0 Å². The van der Waals surface area contributed by atoms with Gasteiger partial charge >= 0.3 is 0 Å². The van der Waals surface area contributed by atoms with Crippen molar-refractivity contribution in [3.05, 3.63) is 46.2 Å². The Bertz CT molecular complexity index is 581. The van der Waals surface area contributed by atoms with Gasteiger partial charge in [-0.2, -0.15) is 5.10 Å². The number of para-hydroxylation sites is 1. The molecular weight excluding hydrogens is 330 g/mol. The second kappa shape index (κ2) is 7.61. The van der Waals surface area contributed by atoms with Gasteiger partial charge < -0.3 is 10.1 Å². The summed E-state index contributed by atoms with van der Waals surface area (Å²) in [5.41, 5.74) is 2.09. The highest BCUT2D eigenvalue weighted by Gasteiger charge is 2.09. The SMILES string of the molecule is CCNCc1cccc(Br)c1OCc1ccn(C(C)C)n1. The molecule has 0 amide bonds. The minimum Gasteiger partial charge on any atom is -0.486 e. The van der Waals surface area contributed by atoms with Gasteiger partial charge in [-0.1, -0.05) is 19.1 Å². The Hall–Kier alpha value is -1.33. The van der Waals surface area contributed by atoms with Crippen molar-refractivity contribution in [1.82, 2.24) is 15.1 Å². The lowest BCUT2D eigenvalue weighted by Gasteiger charge is -2.13. The number of rotatable bonds is 7. The number of nitrogens with zero attached hydrogens (tertiary/aromatic N) is 2. The predicted molar refractivity (Wildman–Crippen MR) is 88.5 cm³/mol. The van der Waals surface area contributed by atoms with Crippen molar-refractivity contribution in [2.75, 3.05) is 6.54 Å². The molecule has 0 aliphatic rings. The summed E-state index contributed by atoms with van der Waals surface area (Å²) in [7, 11) is 0. The molecule has 0 aliphatic carbocycles. The normalized spacial score (nSPS) is 11.1. The third kappa shape index (κ3) is 4.32. The first kappa shape index (κ1) is 16.0. The van der Waals surface area contributed by atoms with Crippen molar-refractivity contribution in [3.8, 4) is 5.75 Å². The zero-order valence-electron chi connectivity index (χ0n) is 12.8. The van der Waals surface area contributed by atoms with E-state index in [1.807, 2.05) is 29.1 Å². The van der Waals surface area contributed by atoms with Crippen molar-refractivity contribution in [3.63, 3.8) is 0 Å². The monoisotopic (exact) mass is 351 g/mol. The molecular formula is C16H22BrN3O. The first-order valence-corrected chi connectivity index (χ1v) is 8.06.